The zero-order valence-corrected chi connectivity index (χ0v) is 15.5. The lowest BCUT2D eigenvalue weighted by Gasteiger charge is -2.19. The fourth-order valence-corrected chi connectivity index (χ4v) is 2.20. The minimum Gasteiger partial charge on any atom is -0.434 e. The van der Waals surface area contributed by atoms with Crippen LogP contribution in [0.25, 0.3) is 0 Å². The molecule has 0 aliphatic carbocycles. The van der Waals surface area contributed by atoms with Crippen molar-refractivity contribution >= 4 is 23.6 Å². The normalized spacial score (nSPS) is 10.8. The molecule has 138 valence electrons. The fourth-order valence-electron chi connectivity index (χ4n) is 2.20. The number of nitrogens with one attached hydrogen (secondary N) is 2. The highest BCUT2D eigenvalue weighted by Gasteiger charge is 2.13. The van der Waals surface area contributed by atoms with Crippen LogP contribution in [0.2, 0.25) is 0 Å². The van der Waals surface area contributed by atoms with Crippen LogP contribution in [0.3, 0.4) is 0 Å². The average Bonchev–Trinajstić information content (AvgIpc) is 2.56. The zero-order chi connectivity index (χ0) is 19.2. The number of anilines is 2. The van der Waals surface area contributed by atoms with E-state index in [1.54, 1.807) is 31.2 Å². The second-order valence-electron chi connectivity index (χ2n) is 6.72. The smallest absolute Gasteiger partial charge is 0.434 e. The number of benzene rings is 2. The number of rotatable bonds is 4. The Balaban J connectivity index is 1.90. The second kappa shape index (κ2) is 8.38. The van der Waals surface area contributed by atoms with Crippen LogP contribution in [0.5, 0.6) is 5.75 Å². The van der Waals surface area contributed by atoms with Gasteiger partial charge in [0.25, 0.3) is 0 Å². The number of ether oxygens (including phenoxy) is 2. The van der Waals surface area contributed by atoms with Crippen LogP contribution < -0.4 is 15.4 Å². The number of hydrogen-bond donors (Lipinski definition) is 2. The third-order valence-corrected chi connectivity index (χ3v) is 3.58. The highest BCUT2D eigenvalue weighted by molar-refractivity contribution is 5.99. The van der Waals surface area contributed by atoms with Crippen molar-refractivity contribution in [1.82, 2.24) is 0 Å². The van der Waals surface area contributed by atoms with Gasteiger partial charge in [0.2, 0.25) is 0 Å². The van der Waals surface area contributed by atoms with E-state index in [2.05, 4.69) is 31.4 Å². The first kappa shape index (κ1) is 19.3. The lowest BCUT2D eigenvalue weighted by molar-refractivity contribution is 0.104. The highest BCUT2D eigenvalue weighted by Crippen LogP contribution is 2.23. The SMILES string of the molecule is CCOC(=O)Oc1ccc(NC(=O)Nc2ccc(C(C)(C)C)cc2)cc1. The van der Waals surface area contributed by atoms with Crippen molar-refractivity contribution in [2.24, 2.45) is 0 Å². The van der Waals surface area contributed by atoms with Crippen molar-refractivity contribution in [2.75, 3.05) is 17.2 Å². The monoisotopic (exact) mass is 356 g/mol. The Bertz CT molecular complexity index is 747. The van der Waals surface area contributed by atoms with Gasteiger partial charge in [0.05, 0.1) is 6.61 Å². The van der Waals surface area contributed by atoms with Gasteiger partial charge in [-0.3, -0.25) is 0 Å². The molecule has 0 aromatic heterocycles. The Hall–Kier alpha value is -3.02. The van der Waals surface area contributed by atoms with Gasteiger partial charge in [0, 0.05) is 11.4 Å². The first-order valence-corrected chi connectivity index (χ1v) is 8.41. The molecule has 2 aromatic rings. The van der Waals surface area contributed by atoms with E-state index < -0.39 is 6.16 Å². The quantitative estimate of drug-likeness (QED) is 0.586. The predicted octanol–water partition coefficient (Wildman–Crippen LogP) is 5.16. The Morgan fingerprint density at radius 2 is 1.38 bits per heavy atom. The number of carbonyl (C=O) groups excluding carboxylic acids is 2. The van der Waals surface area contributed by atoms with Gasteiger partial charge in [-0.2, -0.15) is 0 Å². The van der Waals surface area contributed by atoms with Gasteiger partial charge in [-0.1, -0.05) is 32.9 Å². The molecule has 0 saturated heterocycles. The molecule has 0 aliphatic rings. The van der Waals surface area contributed by atoms with Crippen molar-refractivity contribution in [3.05, 3.63) is 54.1 Å². The lowest BCUT2D eigenvalue weighted by Crippen LogP contribution is -2.19. The molecule has 0 atom stereocenters. The Morgan fingerprint density at radius 1 is 0.885 bits per heavy atom. The third-order valence-electron chi connectivity index (χ3n) is 3.58. The molecule has 6 nitrogen and oxygen atoms in total. The first-order valence-electron chi connectivity index (χ1n) is 8.41. The molecule has 2 amide bonds. The van der Waals surface area contributed by atoms with Gasteiger partial charge in [-0.25, -0.2) is 9.59 Å². The van der Waals surface area contributed by atoms with Crippen LogP contribution in [0.15, 0.2) is 48.5 Å². The predicted molar refractivity (Wildman–Crippen MR) is 102 cm³/mol. The third kappa shape index (κ3) is 5.81. The molecule has 2 N–H and O–H groups in total. The van der Waals surface area contributed by atoms with E-state index in [0.717, 1.165) is 0 Å². The summed E-state index contributed by atoms with van der Waals surface area (Å²) in [6, 6.07) is 13.8. The van der Waals surface area contributed by atoms with Crippen LogP contribution in [-0.4, -0.2) is 18.8 Å². The van der Waals surface area contributed by atoms with Crippen molar-refractivity contribution in [1.29, 1.82) is 0 Å². The number of urea groups is 1. The van der Waals surface area contributed by atoms with Crippen LogP contribution in [0.4, 0.5) is 21.0 Å². The molecule has 2 aromatic carbocycles. The summed E-state index contributed by atoms with van der Waals surface area (Å²) < 4.78 is 9.65. The van der Waals surface area contributed by atoms with E-state index >= 15 is 0 Å². The van der Waals surface area contributed by atoms with E-state index in [1.807, 2.05) is 24.3 Å². The maximum absolute atomic E-state index is 12.1. The first-order chi connectivity index (χ1) is 12.3. The van der Waals surface area contributed by atoms with Crippen molar-refractivity contribution in [3.63, 3.8) is 0 Å². The topological polar surface area (TPSA) is 76.7 Å². The number of hydrogen-bond acceptors (Lipinski definition) is 4. The summed E-state index contributed by atoms with van der Waals surface area (Å²) in [4.78, 5) is 23.3. The summed E-state index contributed by atoms with van der Waals surface area (Å²) in [7, 11) is 0. The van der Waals surface area contributed by atoms with E-state index in [9.17, 15) is 9.59 Å². The van der Waals surface area contributed by atoms with E-state index in [4.69, 9.17) is 9.47 Å². The molecule has 26 heavy (non-hydrogen) atoms. The number of amides is 2. The molecule has 0 heterocycles. The van der Waals surface area contributed by atoms with Crippen LogP contribution in [0, 0.1) is 0 Å². The highest BCUT2D eigenvalue weighted by atomic mass is 16.7. The summed E-state index contributed by atoms with van der Waals surface area (Å²) in [5.74, 6) is 0.340. The lowest BCUT2D eigenvalue weighted by atomic mass is 9.87. The molecular weight excluding hydrogens is 332 g/mol. The molecule has 0 aliphatic heterocycles. The maximum atomic E-state index is 12.1. The van der Waals surface area contributed by atoms with E-state index in [-0.39, 0.29) is 18.1 Å². The summed E-state index contributed by atoms with van der Waals surface area (Å²) >= 11 is 0. The molecule has 0 spiro atoms. The molecule has 0 saturated carbocycles. The standard InChI is InChI=1S/C20H24N2O4/c1-5-25-19(24)26-17-12-10-16(11-13-17)22-18(23)21-15-8-6-14(7-9-15)20(2,3)4/h6-13H,5H2,1-4H3,(H2,21,22,23). The Kier molecular flexibility index (Phi) is 6.22. The van der Waals surface area contributed by atoms with Crippen molar-refractivity contribution < 1.29 is 19.1 Å². The summed E-state index contributed by atoms with van der Waals surface area (Å²) in [6.07, 6.45) is -0.760. The van der Waals surface area contributed by atoms with Crippen LogP contribution in [-0.2, 0) is 10.2 Å². The van der Waals surface area contributed by atoms with Crippen LogP contribution >= 0.6 is 0 Å². The van der Waals surface area contributed by atoms with Gasteiger partial charge in [0.1, 0.15) is 5.75 Å². The molecule has 0 fully saturated rings. The zero-order valence-electron chi connectivity index (χ0n) is 15.5. The Morgan fingerprint density at radius 3 is 1.85 bits per heavy atom. The molecule has 6 heteroatoms. The van der Waals surface area contributed by atoms with Crippen LogP contribution in [0.1, 0.15) is 33.3 Å². The van der Waals surface area contributed by atoms with Crippen molar-refractivity contribution in [2.45, 2.75) is 33.1 Å². The molecule has 0 unspecified atom stereocenters. The fraction of sp³-hybridized carbons (Fsp3) is 0.300. The molecule has 0 radical (unpaired) electrons. The van der Waals surface area contributed by atoms with Crippen molar-refractivity contribution in [3.8, 4) is 5.75 Å². The second-order valence-corrected chi connectivity index (χ2v) is 6.72. The largest absolute Gasteiger partial charge is 0.513 e. The number of carbonyl (C=O) groups is 2. The van der Waals surface area contributed by atoms with E-state index in [0.29, 0.717) is 17.1 Å². The van der Waals surface area contributed by atoms with Gasteiger partial charge in [-0.15, -0.1) is 0 Å². The average molecular weight is 356 g/mol. The summed E-state index contributed by atoms with van der Waals surface area (Å²) in [5, 5.41) is 5.50. The maximum Gasteiger partial charge on any atom is 0.513 e. The summed E-state index contributed by atoms with van der Waals surface area (Å²) in [6.45, 7) is 8.35. The minimum absolute atomic E-state index is 0.0636. The Labute approximate surface area is 153 Å². The minimum atomic E-state index is -0.760. The molecular formula is C20H24N2O4. The van der Waals surface area contributed by atoms with Gasteiger partial charge >= 0.3 is 12.2 Å². The van der Waals surface area contributed by atoms with Gasteiger partial charge in [0.15, 0.2) is 0 Å². The molecule has 0 bridgehead atoms. The van der Waals surface area contributed by atoms with E-state index in [1.165, 1.54) is 5.56 Å². The summed E-state index contributed by atoms with van der Waals surface area (Å²) in [5.41, 5.74) is 2.54. The molecule has 2 rings (SSSR count). The van der Waals surface area contributed by atoms with Gasteiger partial charge in [-0.05, 0) is 54.3 Å². The van der Waals surface area contributed by atoms with Gasteiger partial charge < -0.3 is 20.1 Å².